The second-order valence-corrected chi connectivity index (χ2v) is 8.83. The van der Waals surface area contributed by atoms with E-state index in [9.17, 15) is 29.1 Å². The molecule has 0 aromatic rings. The molecule has 0 bridgehead atoms. The molecular formula is C23H40N6O6. The number of amides is 3. The molecule has 3 atom stereocenters. The zero-order valence-electron chi connectivity index (χ0n) is 20.7. The summed E-state index contributed by atoms with van der Waals surface area (Å²) in [6.07, 6.45) is 4.98. The quantitative estimate of drug-likeness (QED) is 0.0837. The summed E-state index contributed by atoms with van der Waals surface area (Å²) in [5, 5.41) is 14.0. The number of nitrogens with two attached hydrogens (primary N) is 2. The smallest absolute Gasteiger partial charge is 0.305 e. The van der Waals surface area contributed by atoms with Gasteiger partial charge in [0.2, 0.25) is 17.7 Å². The van der Waals surface area contributed by atoms with Crippen molar-refractivity contribution in [2.45, 2.75) is 89.8 Å². The molecule has 0 radical (unpaired) electrons. The third-order valence-corrected chi connectivity index (χ3v) is 6.04. The predicted molar refractivity (Wildman–Crippen MR) is 130 cm³/mol. The lowest BCUT2D eigenvalue weighted by Gasteiger charge is -2.29. The van der Waals surface area contributed by atoms with E-state index in [0.29, 0.717) is 51.6 Å². The SMILES string of the molecule is CCCC(CCC)C(=O)NC(CC(=O)O)C(=O)NC(=O)C1CCCN1C(C=O)CCCN=C(N)N. The number of likely N-dealkylation sites (tertiary alicyclic amines) is 1. The van der Waals surface area contributed by atoms with Crippen molar-refractivity contribution in [2.75, 3.05) is 13.1 Å². The van der Waals surface area contributed by atoms with Gasteiger partial charge in [-0.05, 0) is 45.1 Å². The number of imide groups is 1. The molecule has 0 aromatic carbocycles. The van der Waals surface area contributed by atoms with Crippen LogP contribution in [0.5, 0.6) is 0 Å². The van der Waals surface area contributed by atoms with Crippen LogP contribution in [-0.4, -0.2) is 77.2 Å². The van der Waals surface area contributed by atoms with Crippen molar-refractivity contribution in [1.29, 1.82) is 0 Å². The second-order valence-electron chi connectivity index (χ2n) is 8.83. The lowest BCUT2D eigenvalue weighted by Crippen LogP contribution is -2.55. The molecule has 1 aliphatic heterocycles. The highest BCUT2D eigenvalue weighted by atomic mass is 16.4. The van der Waals surface area contributed by atoms with E-state index in [2.05, 4.69) is 15.6 Å². The van der Waals surface area contributed by atoms with Crippen LogP contribution < -0.4 is 22.1 Å². The van der Waals surface area contributed by atoms with E-state index in [1.807, 2.05) is 13.8 Å². The first-order valence-electron chi connectivity index (χ1n) is 12.3. The van der Waals surface area contributed by atoms with Crippen LogP contribution in [0.4, 0.5) is 0 Å². The molecule has 0 aromatic heterocycles. The molecule has 1 aliphatic rings. The summed E-state index contributed by atoms with van der Waals surface area (Å²) < 4.78 is 0. The van der Waals surface area contributed by atoms with Crippen molar-refractivity contribution in [3.05, 3.63) is 0 Å². The highest BCUT2D eigenvalue weighted by Crippen LogP contribution is 2.22. The summed E-state index contributed by atoms with van der Waals surface area (Å²) >= 11 is 0. The molecule has 7 N–H and O–H groups in total. The van der Waals surface area contributed by atoms with Gasteiger partial charge in [-0.25, -0.2) is 0 Å². The third-order valence-electron chi connectivity index (χ3n) is 6.04. The van der Waals surface area contributed by atoms with Gasteiger partial charge >= 0.3 is 5.97 Å². The number of carbonyl (C=O) groups excluding carboxylic acids is 4. The molecule has 3 unspecified atom stereocenters. The summed E-state index contributed by atoms with van der Waals surface area (Å²) in [7, 11) is 0. The van der Waals surface area contributed by atoms with Gasteiger partial charge in [0.25, 0.3) is 0 Å². The fraction of sp³-hybridized carbons (Fsp3) is 0.739. The number of rotatable bonds is 16. The number of hydrogen-bond acceptors (Lipinski definition) is 7. The van der Waals surface area contributed by atoms with E-state index in [0.717, 1.165) is 19.1 Å². The molecule has 12 nitrogen and oxygen atoms in total. The van der Waals surface area contributed by atoms with Crippen molar-refractivity contribution < 1.29 is 29.1 Å². The Hall–Kier alpha value is -3.02. The minimum absolute atomic E-state index is 0.0386. The maximum absolute atomic E-state index is 12.9. The van der Waals surface area contributed by atoms with E-state index >= 15 is 0 Å². The normalized spacial score (nSPS) is 17.4. The first-order chi connectivity index (χ1) is 16.6. The predicted octanol–water partition coefficient (Wildman–Crippen LogP) is -0.109. The average Bonchev–Trinajstić information content (AvgIpc) is 3.27. The lowest BCUT2D eigenvalue weighted by molar-refractivity contribution is -0.143. The standard InChI is InChI=1S/C23H40N6O6/c1-3-7-15(8-4-2)20(33)27-17(13-19(31)32)21(34)28-22(35)18-10-6-12-29(18)16(14-30)9-5-11-26-23(24)25/h14-18H,3-13H2,1-2H3,(H,27,33)(H,31,32)(H4,24,25,26)(H,28,34,35). The average molecular weight is 497 g/mol. The molecule has 35 heavy (non-hydrogen) atoms. The summed E-state index contributed by atoms with van der Waals surface area (Å²) in [6, 6.07) is -2.64. The number of aliphatic imine (C=N–C) groups is 1. The van der Waals surface area contributed by atoms with Crippen LogP contribution in [0.15, 0.2) is 4.99 Å². The maximum atomic E-state index is 12.9. The van der Waals surface area contributed by atoms with E-state index in [1.54, 1.807) is 4.90 Å². The van der Waals surface area contributed by atoms with Gasteiger partial charge in [0, 0.05) is 12.5 Å². The van der Waals surface area contributed by atoms with Crippen LogP contribution in [0, 0.1) is 5.92 Å². The van der Waals surface area contributed by atoms with E-state index < -0.39 is 48.2 Å². The first kappa shape index (κ1) is 30.0. The fourth-order valence-electron chi connectivity index (χ4n) is 4.36. The van der Waals surface area contributed by atoms with Gasteiger partial charge in [0.15, 0.2) is 5.96 Å². The largest absolute Gasteiger partial charge is 0.481 e. The van der Waals surface area contributed by atoms with Crippen molar-refractivity contribution in [1.82, 2.24) is 15.5 Å². The Bertz CT molecular complexity index is 764. The van der Waals surface area contributed by atoms with E-state index in [-0.39, 0.29) is 11.9 Å². The number of aldehydes is 1. The molecule has 1 rings (SSSR count). The van der Waals surface area contributed by atoms with Crippen LogP contribution in [0.2, 0.25) is 0 Å². The topological polar surface area (TPSA) is 197 Å². The van der Waals surface area contributed by atoms with Crippen molar-refractivity contribution in [3.63, 3.8) is 0 Å². The number of carbonyl (C=O) groups is 5. The van der Waals surface area contributed by atoms with Gasteiger partial charge in [0.1, 0.15) is 12.3 Å². The van der Waals surface area contributed by atoms with Crippen molar-refractivity contribution in [3.8, 4) is 0 Å². The third kappa shape index (κ3) is 10.4. The minimum atomic E-state index is -1.38. The fourth-order valence-corrected chi connectivity index (χ4v) is 4.36. The highest BCUT2D eigenvalue weighted by molar-refractivity contribution is 6.02. The second kappa shape index (κ2) is 15.8. The van der Waals surface area contributed by atoms with Gasteiger partial charge < -0.3 is 26.7 Å². The zero-order valence-corrected chi connectivity index (χ0v) is 20.7. The van der Waals surface area contributed by atoms with Crippen LogP contribution in [0.1, 0.15) is 71.6 Å². The van der Waals surface area contributed by atoms with Crippen molar-refractivity contribution in [2.24, 2.45) is 22.4 Å². The molecule has 1 heterocycles. The van der Waals surface area contributed by atoms with Crippen LogP contribution in [0.25, 0.3) is 0 Å². The Kier molecular flexibility index (Phi) is 13.5. The first-order valence-corrected chi connectivity index (χ1v) is 12.3. The number of hydrogen-bond donors (Lipinski definition) is 5. The highest BCUT2D eigenvalue weighted by Gasteiger charge is 2.37. The van der Waals surface area contributed by atoms with Gasteiger partial charge in [-0.1, -0.05) is 26.7 Å². The van der Waals surface area contributed by atoms with Gasteiger partial charge in [-0.3, -0.25) is 34.4 Å². The minimum Gasteiger partial charge on any atom is -0.481 e. The number of carboxylic acids is 1. The molecule has 0 saturated carbocycles. The number of nitrogens with one attached hydrogen (secondary N) is 2. The molecule has 12 heteroatoms. The molecular weight excluding hydrogens is 456 g/mol. The lowest BCUT2D eigenvalue weighted by atomic mass is 9.96. The van der Waals surface area contributed by atoms with Gasteiger partial charge in [-0.2, -0.15) is 0 Å². The number of carboxylic acid groups (broad SMARTS) is 1. The summed E-state index contributed by atoms with van der Waals surface area (Å²) in [4.78, 5) is 67.0. The van der Waals surface area contributed by atoms with Gasteiger partial charge in [0.05, 0.1) is 18.5 Å². The van der Waals surface area contributed by atoms with Crippen LogP contribution in [0.3, 0.4) is 0 Å². The monoisotopic (exact) mass is 496 g/mol. The van der Waals surface area contributed by atoms with E-state index in [1.165, 1.54) is 0 Å². The zero-order chi connectivity index (χ0) is 26.4. The maximum Gasteiger partial charge on any atom is 0.305 e. The Labute approximate surface area is 206 Å². The number of guanidine groups is 1. The summed E-state index contributed by atoms with van der Waals surface area (Å²) in [6.45, 7) is 4.74. The van der Waals surface area contributed by atoms with Crippen molar-refractivity contribution >= 4 is 35.9 Å². The summed E-state index contributed by atoms with van der Waals surface area (Å²) in [5.74, 6) is -3.53. The Balaban J connectivity index is 2.84. The molecule has 3 amide bonds. The molecule has 1 fully saturated rings. The van der Waals surface area contributed by atoms with E-state index in [4.69, 9.17) is 11.5 Å². The Morgan fingerprint density at radius 3 is 2.31 bits per heavy atom. The summed E-state index contributed by atoms with van der Waals surface area (Å²) in [5.41, 5.74) is 10.6. The molecule has 198 valence electrons. The molecule has 0 spiro atoms. The van der Waals surface area contributed by atoms with Gasteiger partial charge in [-0.15, -0.1) is 0 Å². The number of aliphatic carboxylic acids is 1. The number of nitrogens with zero attached hydrogens (tertiary/aromatic N) is 2. The van der Waals surface area contributed by atoms with Crippen LogP contribution >= 0.6 is 0 Å². The Morgan fingerprint density at radius 2 is 1.77 bits per heavy atom. The molecule has 1 saturated heterocycles. The Morgan fingerprint density at radius 1 is 1.11 bits per heavy atom. The molecule has 0 aliphatic carbocycles. The van der Waals surface area contributed by atoms with Crippen LogP contribution in [-0.2, 0) is 24.0 Å².